The fourth-order valence-electron chi connectivity index (χ4n) is 2.09. The highest BCUT2D eigenvalue weighted by atomic mass is 79.9. The van der Waals surface area contributed by atoms with E-state index >= 15 is 0 Å². The predicted molar refractivity (Wildman–Crippen MR) is 70.4 cm³/mol. The molecule has 0 bridgehead atoms. The zero-order valence-electron chi connectivity index (χ0n) is 9.81. The highest BCUT2D eigenvalue weighted by Gasteiger charge is 2.46. The molecule has 2 rings (SSSR count). The Balaban J connectivity index is 2.47. The van der Waals surface area contributed by atoms with Crippen molar-refractivity contribution >= 4 is 31.7 Å². The van der Waals surface area contributed by atoms with Gasteiger partial charge in [0, 0.05) is 16.1 Å². The summed E-state index contributed by atoms with van der Waals surface area (Å²) in [5, 5.41) is 8.92. The summed E-state index contributed by atoms with van der Waals surface area (Å²) in [5.74, 6) is -0.853. The number of carboxylic acid groups (broad SMARTS) is 1. The molecule has 0 aromatic heterocycles. The minimum Gasteiger partial charge on any atom is -0.481 e. The van der Waals surface area contributed by atoms with E-state index in [1.54, 1.807) is 6.07 Å². The first kappa shape index (κ1) is 13.5. The van der Waals surface area contributed by atoms with Crippen LogP contribution in [-0.2, 0) is 20.0 Å². The number of benzene rings is 1. The van der Waals surface area contributed by atoms with Crippen LogP contribution in [0.5, 0.6) is 0 Å². The Labute approximate surface area is 114 Å². The largest absolute Gasteiger partial charge is 0.481 e. The van der Waals surface area contributed by atoms with Crippen LogP contribution in [0, 0.1) is 0 Å². The van der Waals surface area contributed by atoms with E-state index in [9.17, 15) is 13.2 Å². The van der Waals surface area contributed by atoms with E-state index in [-0.39, 0.29) is 16.7 Å². The average molecular weight is 333 g/mol. The topological polar surface area (TPSA) is 71.4 Å². The highest BCUT2D eigenvalue weighted by molar-refractivity contribution is 9.10. The Morgan fingerprint density at radius 1 is 1.39 bits per heavy atom. The molecule has 1 N–H and O–H groups in total. The molecule has 0 radical (unpaired) electrons. The van der Waals surface area contributed by atoms with E-state index in [4.69, 9.17) is 5.11 Å². The van der Waals surface area contributed by atoms with Crippen molar-refractivity contribution in [2.75, 3.05) is 6.26 Å². The molecule has 0 amide bonds. The van der Waals surface area contributed by atoms with Crippen LogP contribution in [0.25, 0.3) is 0 Å². The lowest BCUT2D eigenvalue weighted by Gasteiger charge is -2.14. The monoisotopic (exact) mass is 332 g/mol. The summed E-state index contributed by atoms with van der Waals surface area (Å²) < 4.78 is 23.8. The fraction of sp³-hybridized carbons (Fsp3) is 0.417. The smallest absolute Gasteiger partial charge is 0.304 e. The van der Waals surface area contributed by atoms with Gasteiger partial charge >= 0.3 is 5.97 Å². The molecule has 1 aromatic carbocycles. The molecule has 0 heterocycles. The van der Waals surface area contributed by atoms with Crippen LogP contribution in [0.1, 0.15) is 24.8 Å². The summed E-state index contributed by atoms with van der Waals surface area (Å²) in [6.07, 6.45) is 2.78. The lowest BCUT2D eigenvalue weighted by molar-refractivity contribution is -0.137. The molecule has 98 valence electrons. The number of hydrogen-bond acceptors (Lipinski definition) is 3. The van der Waals surface area contributed by atoms with Gasteiger partial charge in [0.15, 0.2) is 9.84 Å². The average Bonchev–Trinajstić information content (AvgIpc) is 2.95. The van der Waals surface area contributed by atoms with Crippen molar-refractivity contribution in [3.8, 4) is 0 Å². The minimum absolute atomic E-state index is 0.0483. The van der Waals surface area contributed by atoms with Crippen molar-refractivity contribution in [3.05, 3.63) is 28.2 Å². The third kappa shape index (κ3) is 2.75. The maximum atomic E-state index is 11.6. The second-order valence-electron chi connectivity index (χ2n) is 4.80. The van der Waals surface area contributed by atoms with Gasteiger partial charge in [-0.1, -0.05) is 15.9 Å². The maximum absolute atomic E-state index is 11.6. The van der Waals surface area contributed by atoms with Crippen LogP contribution in [0.15, 0.2) is 27.6 Å². The summed E-state index contributed by atoms with van der Waals surface area (Å²) >= 11 is 3.28. The van der Waals surface area contributed by atoms with E-state index < -0.39 is 15.8 Å². The number of carbonyl (C=O) groups is 1. The SMILES string of the molecule is CS(=O)(=O)c1cc(Br)cc(C2(CC(=O)O)CC2)c1. The highest BCUT2D eigenvalue weighted by Crippen LogP contribution is 2.51. The predicted octanol–water partition coefficient (Wildman–Crippen LogP) is 2.36. The van der Waals surface area contributed by atoms with Gasteiger partial charge in [-0.2, -0.15) is 0 Å². The quantitative estimate of drug-likeness (QED) is 0.918. The molecule has 0 aliphatic heterocycles. The third-order valence-corrected chi connectivity index (χ3v) is 4.80. The van der Waals surface area contributed by atoms with Crippen LogP contribution in [0.3, 0.4) is 0 Å². The number of carboxylic acids is 1. The summed E-state index contributed by atoms with van der Waals surface area (Å²) in [6, 6.07) is 4.94. The van der Waals surface area contributed by atoms with Crippen LogP contribution in [-0.4, -0.2) is 25.7 Å². The molecule has 1 aliphatic carbocycles. The van der Waals surface area contributed by atoms with Crippen molar-refractivity contribution in [2.45, 2.75) is 29.6 Å². The van der Waals surface area contributed by atoms with E-state index in [1.807, 2.05) is 6.07 Å². The van der Waals surface area contributed by atoms with Gasteiger partial charge in [-0.15, -0.1) is 0 Å². The molecule has 0 spiro atoms. The van der Waals surface area contributed by atoms with Crippen LogP contribution in [0.4, 0.5) is 0 Å². The normalized spacial score (nSPS) is 17.4. The van der Waals surface area contributed by atoms with E-state index in [0.717, 1.165) is 24.7 Å². The fourth-order valence-corrected chi connectivity index (χ4v) is 3.42. The van der Waals surface area contributed by atoms with Gasteiger partial charge in [-0.25, -0.2) is 8.42 Å². The van der Waals surface area contributed by atoms with Gasteiger partial charge in [-0.3, -0.25) is 4.79 Å². The summed E-state index contributed by atoms with van der Waals surface area (Å²) in [6.45, 7) is 0. The second-order valence-corrected chi connectivity index (χ2v) is 7.73. The van der Waals surface area contributed by atoms with Gasteiger partial charge < -0.3 is 5.11 Å². The molecular formula is C12H13BrO4S. The van der Waals surface area contributed by atoms with Gasteiger partial charge in [0.25, 0.3) is 0 Å². The van der Waals surface area contributed by atoms with Crippen molar-refractivity contribution in [2.24, 2.45) is 0 Å². The van der Waals surface area contributed by atoms with Gasteiger partial charge in [0.1, 0.15) is 0 Å². The zero-order chi connectivity index (χ0) is 13.6. The van der Waals surface area contributed by atoms with Crippen LogP contribution >= 0.6 is 15.9 Å². The Kier molecular flexibility index (Phi) is 3.27. The van der Waals surface area contributed by atoms with Crippen molar-refractivity contribution in [1.29, 1.82) is 0 Å². The number of sulfone groups is 1. The Hall–Kier alpha value is -0.880. The van der Waals surface area contributed by atoms with Crippen LogP contribution in [0.2, 0.25) is 0 Å². The van der Waals surface area contributed by atoms with Crippen molar-refractivity contribution < 1.29 is 18.3 Å². The van der Waals surface area contributed by atoms with Gasteiger partial charge in [0.05, 0.1) is 11.3 Å². The Bertz CT molecular complexity index is 603. The Morgan fingerprint density at radius 3 is 2.44 bits per heavy atom. The molecular weight excluding hydrogens is 320 g/mol. The molecule has 1 fully saturated rings. The number of aliphatic carboxylic acids is 1. The first-order valence-corrected chi connectivity index (χ1v) is 8.14. The maximum Gasteiger partial charge on any atom is 0.304 e. The first-order chi connectivity index (χ1) is 8.23. The molecule has 18 heavy (non-hydrogen) atoms. The number of hydrogen-bond donors (Lipinski definition) is 1. The molecule has 0 unspecified atom stereocenters. The standard InChI is InChI=1S/C12H13BrO4S/c1-18(16,17)10-5-8(4-9(13)6-10)12(2-3-12)7-11(14)15/h4-6H,2-3,7H2,1H3,(H,14,15). The van der Waals surface area contributed by atoms with Crippen molar-refractivity contribution in [3.63, 3.8) is 0 Å². The second kappa shape index (κ2) is 4.35. The molecule has 0 saturated heterocycles. The van der Waals surface area contributed by atoms with Crippen LogP contribution < -0.4 is 0 Å². The lowest BCUT2D eigenvalue weighted by Crippen LogP contribution is -2.13. The van der Waals surface area contributed by atoms with E-state index in [1.165, 1.54) is 6.07 Å². The number of halogens is 1. The minimum atomic E-state index is -3.29. The molecule has 1 aromatic rings. The lowest BCUT2D eigenvalue weighted by atomic mass is 9.92. The van der Waals surface area contributed by atoms with Gasteiger partial charge in [0.2, 0.25) is 0 Å². The van der Waals surface area contributed by atoms with Gasteiger partial charge in [-0.05, 0) is 36.6 Å². The Morgan fingerprint density at radius 2 is 2.00 bits per heavy atom. The van der Waals surface area contributed by atoms with E-state index in [2.05, 4.69) is 15.9 Å². The van der Waals surface area contributed by atoms with Crippen molar-refractivity contribution in [1.82, 2.24) is 0 Å². The van der Waals surface area contributed by atoms with E-state index in [0.29, 0.717) is 4.47 Å². The summed E-state index contributed by atoms with van der Waals surface area (Å²) in [7, 11) is -3.29. The summed E-state index contributed by atoms with van der Waals surface area (Å²) in [5.41, 5.74) is 0.411. The molecule has 4 nitrogen and oxygen atoms in total. The zero-order valence-corrected chi connectivity index (χ0v) is 12.2. The summed E-state index contributed by atoms with van der Waals surface area (Å²) in [4.78, 5) is 11.1. The molecule has 6 heteroatoms. The first-order valence-electron chi connectivity index (χ1n) is 5.46. The third-order valence-electron chi connectivity index (χ3n) is 3.25. The molecule has 1 saturated carbocycles. The molecule has 0 atom stereocenters. The number of rotatable bonds is 4. The molecule has 1 aliphatic rings.